The van der Waals surface area contributed by atoms with E-state index >= 15 is 0 Å². The van der Waals surface area contributed by atoms with Crippen LogP contribution >= 0.6 is 12.2 Å². The fraction of sp³-hybridized carbons (Fsp3) is 0.933. The Kier molecular flexibility index (Phi) is 15.4. The number of hydrogen-bond donors (Lipinski definition) is 3. The van der Waals surface area contributed by atoms with Gasteiger partial charge < -0.3 is 15.7 Å². The first-order chi connectivity index (χ1) is 9.31. The second-order valence-corrected chi connectivity index (χ2v) is 5.50. The van der Waals surface area contributed by atoms with E-state index < -0.39 is 0 Å². The lowest BCUT2D eigenvalue weighted by Gasteiger charge is -2.09. The molecule has 0 fully saturated rings. The van der Waals surface area contributed by atoms with Crippen molar-refractivity contribution in [3.63, 3.8) is 0 Å². The molecule has 3 nitrogen and oxygen atoms in total. The molecular weight excluding hydrogens is 256 g/mol. The van der Waals surface area contributed by atoms with E-state index in [9.17, 15) is 0 Å². The van der Waals surface area contributed by atoms with E-state index in [0.29, 0.717) is 11.7 Å². The number of unbranched alkanes of at least 4 members (excludes halogenated alkanes) is 9. The summed E-state index contributed by atoms with van der Waals surface area (Å²) in [5.41, 5.74) is 0. The molecule has 0 aliphatic heterocycles. The molecule has 0 saturated heterocycles. The highest BCUT2D eigenvalue weighted by atomic mass is 32.1. The van der Waals surface area contributed by atoms with Gasteiger partial charge in [-0.25, -0.2) is 0 Å². The average Bonchev–Trinajstić information content (AvgIpc) is 2.42. The van der Waals surface area contributed by atoms with Crippen molar-refractivity contribution in [1.29, 1.82) is 0 Å². The Bertz CT molecular complexity index is 201. The lowest BCUT2D eigenvalue weighted by Crippen LogP contribution is -2.37. The largest absolute Gasteiger partial charge is 0.395 e. The van der Waals surface area contributed by atoms with Gasteiger partial charge in [-0.3, -0.25) is 0 Å². The molecule has 0 amide bonds. The minimum atomic E-state index is 0.125. The van der Waals surface area contributed by atoms with Crippen molar-refractivity contribution >= 4 is 17.3 Å². The molecule has 114 valence electrons. The topological polar surface area (TPSA) is 44.3 Å². The van der Waals surface area contributed by atoms with Crippen molar-refractivity contribution in [2.24, 2.45) is 0 Å². The number of hydrogen-bond acceptors (Lipinski definition) is 2. The number of rotatable bonds is 13. The monoisotopic (exact) mass is 288 g/mol. The summed E-state index contributed by atoms with van der Waals surface area (Å²) in [7, 11) is 0. The Morgan fingerprint density at radius 3 is 1.79 bits per heavy atom. The standard InChI is InChI=1S/C15H32N2OS/c1-2-3-4-5-6-7-8-9-10-11-12-16-15(19)17-13-14-18/h18H,2-14H2,1H3,(H2,16,17,19). The van der Waals surface area contributed by atoms with E-state index in [1.807, 2.05) is 0 Å². The van der Waals surface area contributed by atoms with Gasteiger partial charge in [0, 0.05) is 13.1 Å². The molecule has 19 heavy (non-hydrogen) atoms. The van der Waals surface area contributed by atoms with Crippen LogP contribution in [0.5, 0.6) is 0 Å². The first-order valence-corrected chi connectivity index (χ1v) is 8.34. The Labute approximate surface area is 124 Å². The minimum absolute atomic E-state index is 0.125. The van der Waals surface area contributed by atoms with E-state index in [-0.39, 0.29) is 6.61 Å². The summed E-state index contributed by atoms with van der Waals surface area (Å²) in [6.45, 7) is 3.86. The van der Waals surface area contributed by atoms with Gasteiger partial charge in [0.15, 0.2) is 5.11 Å². The van der Waals surface area contributed by atoms with Crippen LogP contribution in [0.25, 0.3) is 0 Å². The lowest BCUT2D eigenvalue weighted by molar-refractivity contribution is 0.300. The summed E-state index contributed by atoms with van der Waals surface area (Å²) < 4.78 is 0. The predicted molar refractivity (Wildman–Crippen MR) is 87.5 cm³/mol. The highest BCUT2D eigenvalue weighted by molar-refractivity contribution is 7.80. The Hall–Kier alpha value is -0.350. The summed E-state index contributed by atoms with van der Waals surface area (Å²) in [6.07, 6.45) is 13.5. The van der Waals surface area contributed by atoms with Crippen molar-refractivity contribution in [1.82, 2.24) is 10.6 Å². The molecule has 0 spiro atoms. The minimum Gasteiger partial charge on any atom is -0.395 e. The quantitative estimate of drug-likeness (QED) is 0.359. The highest BCUT2D eigenvalue weighted by Gasteiger charge is 1.95. The smallest absolute Gasteiger partial charge is 0.166 e. The van der Waals surface area contributed by atoms with E-state index in [2.05, 4.69) is 17.6 Å². The molecule has 0 unspecified atom stereocenters. The molecule has 0 heterocycles. The molecule has 0 rings (SSSR count). The number of nitrogens with one attached hydrogen (secondary N) is 2. The highest BCUT2D eigenvalue weighted by Crippen LogP contribution is 2.10. The van der Waals surface area contributed by atoms with Crippen LogP contribution in [-0.2, 0) is 0 Å². The van der Waals surface area contributed by atoms with Gasteiger partial charge in [0.2, 0.25) is 0 Å². The van der Waals surface area contributed by atoms with Crippen LogP contribution < -0.4 is 10.6 Å². The van der Waals surface area contributed by atoms with Crippen LogP contribution in [0.2, 0.25) is 0 Å². The molecule has 0 aromatic heterocycles. The molecule has 0 radical (unpaired) electrons. The Morgan fingerprint density at radius 2 is 1.26 bits per heavy atom. The first kappa shape index (κ1) is 18.7. The fourth-order valence-corrected chi connectivity index (χ4v) is 2.25. The van der Waals surface area contributed by atoms with Crippen LogP contribution in [0, 0.1) is 0 Å². The van der Waals surface area contributed by atoms with E-state index in [1.165, 1.54) is 64.2 Å². The second-order valence-electron chi connectivity index (χ2n) is 5.09. The Morgan fingerprint density at radius 1 is 0.789 bits per heavy atom. The lowest BCUT2D eigenvalue weighted by atomic mass is 10.1. The van der Waals surface area contributed by atoms with Gasteiger partial charge in [0.25, 0.3) is 0 Å². The van der Waals surface area contributed by atoms with Gasteiger partial charge in [0.05, 0.1) is 6.61 Å². The third-order valence-electron chi connectivity index (χ3n) is 3.21. The predicted octanol–water partition coefficient (Wildman–Crippen LogP) is 3.36. The van der Waals surface area contributed by atoms with Crippen LogP contribution in [0.15, 0.2) is 0 Å². The molecule has 0 aliphatic rings. The number of aliphatic hydroxyl groups excluding tert-OH is 1. The SMILES string of the molecule is CCCCCCCCCCCCNC(=S)NCCO. The zero-order chi connectivity index (χ0) is 14.2. The maximum atomic E-state index is 8.63. The zero-order valence-corrected chi connectivity index (χ0v) is 13.4. The van der Waals surface area contributed by atoms with Gasteiger partial charge in [-0.1, -0.05) is 64.7 Å². The Balaban J connectivity index is 3.04. The van der Waals surface area contributed by atoms with E-state index in [4.69, 9.17) is 17.3 Å². The van der Waals surface area contributed by atoms with Crippen molar-refractivity contribution in [3.8, 4) is 0 Å². The van der Waals surface area contributed by atoms with Gasteiger partial charge >= 0.3 is 0 Å². The molecule has 0 aliphatic carbocycles. The van der Waals surface area contributed by atoms with Crippen molar-refractivity contribution in [2.45, 2.75) is 71.1 Å². The van der Waals surface area contributed by atoms with Gasteiger partial charge in [-0.2, -0.15) is 0 Å². The van der Waals surface area contributed by atoms with Gasteiger partial charge in [0.1, 0.15) is 0 Å². The molecule has 0 atom stereocenters. The number of aliphatic hydroxyl groups is 1. The van der Waals surface area contributed by atoms with Crippen molar-refractivity contribution in [2.75, 3.05) is 19.7 Å². The van der Waals surface area contributed by atoms with Crippen LogP contribution in [0.1, 0.15) is 71.1 Å². The number of thiocarbonyl (C=S) groups is 1. The average molecular weight is 289 g/mol. The summed E-state index contributed by atoms with van der Waals surface area (Å²) in [6, 6.07) is 0. The van der Waals surface area contributed by atoms with Crippen molar-refractivity contribution < 1.29 is 5.11 Å². The first-order valence-electron chi connectivity index (χ1n) is 7.93. The van der Waals surface area contributed by atoms with Gasteiger partial charge in [-0.05, 0) is 18.6 Å². The molecule has 4 heteroatoms. The van der Waals surface area contributed by atoms with Crippen LogP contribution in [0.3, 0.4) is 0 Å². The summed E-state index contributed by atoms with van der Waals surface area (Å²) in [4.78, 5) is 0. The molecule has 0 bridgehead atoms. The maximum Gasteiger partial charge on any atom is 0.166 e. The third kappa shape index (κ3) is 15.6. The normalized spacial score (nSPS) is 10.4. The van der Waals surface area contributed by atoms with Gasteiger partial charge in [-0.15, -0.1) is 0 Å². The summed E-state index contributed by atoms with van der Waals surface area (Å²) >= 11 is 5.06. The summed E-state index contributed by atoms with van der Waals surface area (Å²) in [5.74, 6) is 0. The molecule has 0 saturated carbocycles. The molecule has 0 aromatic rings. The molecule has 3 N–H and O–H groups in total. The fourth-order valence-electron chi connectivity index (χ4n) is 2.05. The maximum absolute atomic E-state index is 8.63. The zero-order valence-electron chi connectivity index (χ0n) is 12.5. The second kappa shape index (κ2) is 15.7. The summed E-state index contributed by atoms with van der Waals surface area (Å²) in [5, 5.41) is 15.4. The van der Waals surface area contributed by atoms with E-state index in [0.717, 1.165) is 6.54 Å². The van der Waals surface area contributed by atoms with Crippen LogP contribution in [-0.4, -0.2) is 29.9 Å². The molecular formula is C15H32N2OS. The van der Waals surface area contributed by atoms with Crippen LogP contribution in [0.4, 0.5) is 0 Å². The molecule has 0 aromatic carbocycles. The van der Waals surface area contributed by atoms with E-state index in [1.54, 1.807) is 0 Å². The third-order valence-corrected chi connectivity index (χ3v) is 3.50. The van der Waals surface area contributed by atoms with Crippen molar-refractivity contribution in [3.05, 3.63) is 0 Å².